The van der Waals surface area contributed by atoms with Crippen molar-refractivity contribution >= 4 is 35.0 Å². The van der Waals surface area contributed by atoms with Crippen molar-refractivity contribution in [1.29, 1.82) is 0 Å². The molecule has 0 spiro atoms. The molecule has 1 atom stereocenters. The monoisotopic (exact) mass is 382 g/mol. The summed E-state index contributed by atoms with van der Waals surface area (Å²) >= 11 is 14.4. The van der Waals surface area contributed by atoms with Crippen molar-refractivity contribution in [3.8, 4) is 0 Å². The number of quaternary nitrogens is 2. The Hall–Kier alpha value is -0.710. The second-order valence-electron chi connectivity index (χ2n) is 6.55. The van der Waals surface area contributed by atoms with Gasteiger partial charge in [0, 0.05) is 20.4 Å². The molecule has 24 heavy (non-hydrogen) atoms. The van der Waals surface area contributed by atoms with E-state index >= 15 is 0 Å². The third-order valence-corrected chi connectivity index (χ3v) is 6.70. The van der Waals surface area contributed by atoms with E-state index in [0.717, 1.165) is 14.9 Å². The number of benzene rings is 2. The number of nitrogens with one attached hydrogen (secondary N) is 2. The number of likely N-dealkylation sites (N-methyl/N-ethyl adjacent to an activating group) is 1. The lowest BCUT2D eigenvalue weighted by Gasteiger charge is -2.32. The minimum Gasteiger partial charge on any atom is -0.328 e. The van der Waals surface area contributed by atoms with Crippen LogP contribution in [0.3, 0.4) is 0 Å². The van der Waals surface area contributed by atoms with E-state index < -0.39 is 0 Å². The Bertz CT molecular complexity index is 700. The first-order chi connectivity index (χ1) is 11.5. The predicted octanol–water partition coefficient (Wildman–Crippen LogP) is 2.62. The van der Waals surface area contributed by atoms with E-state index in [0.29, 0.717) is 6.04 Å². The summed E-state index contributed by atoms with van der Waals surface area (Å²) in [5, 5.41) is 1.60. The van der Waals surface area contributed by atoms with Gasteiger partial charge in [-0.3, -0.25) is 0 Å². The Kier molecular flexibility index (Phi) is 6.12. The summed E-state index contributed by atoms with van der Waals surface area (Å²) in [6.45, 7) is 7.18. The van der Waals surface area contributed by atoms with Gasteiger partial charge < -0.3 is 9.80 Å². The smallest absolute Gasteiger partial charge is 0.127 e. The van der Waals surface area contributed by atoms with Crippen LogP contribution in [0.4, 0.5) is 0 Å². The molecule has 128 valence electrons. The van der Waals surface area contributed by atoms with Crippen LogP contribution in [0.25, 0.3) is 0 Å². The van der Waals surface area contributed by atoms with Gasteiger partial charge in [-0.1, -0.05) is 47.1 Å². The molecule has 0 aromatic heterocycles. The molecule has 5 heteroatoms. The summed E-state index contributed by atoms with van der Waals surface area (Å²) in [7, 11) is 2.28. The minimum absolute atomic E-state index is 0.432. The summed E-state index contributed by atoms with van der Waals surface area (Å²) in [6, 6.07) is 14.7. The molecular formula is C19H24Cl2N2S+2. The normalized spacial score (nSPS) is 22.3. The first kappa shape index (κ1) is 18.1. The molecule has 0 amide bonds. The molecule has 2 aromatic rings. The van der Waals surface area contributed by atoms with Crippen LogP contribution in [0.5, 0.6) is 0 Å². The number of hydrogen-bond donors (Lipinski definition) is 2. The van der Waals surface area contributed by atoms with Crippen LogP contribution in [0.2, 0.25) is 10.0 Å². The molecule has 1 aliphatic heterocycles. The molecule has 0 bridgehead atoms. The fourth-order valence-corrected chi connectivity index (χ4v) is 4.72. The lowest BCUT2D eigenvalue weighted by molar-refractivity contribution is -1.02. The van der Waals surface area contributed by atoms with Crippen molar-refractivity contribution in [2.45, 2.75) is 22.8 Å². The van der Waals surface area contributed by atoms with Crippen molar-refractivity contribution in [1.82, 2.24) is 0 Å². The highest BCUT2D eigenvalue weighted by molar-refractivity contribution is 7.99. The molecule has 1 fully saturated rings. The minimum atomic E-state index is 0.432. The first-order valence-electron chi connectivity index (χ1n) is 8.42. The van der Waals surface area contributed by atoms with E-state index in [9.17, 15) is 0 Å². The maximum Gasteiger partial charge on any atom is 0.127 e. The van der Waals surface area contributed by atoms with Crippen molar-refractivity contribution in [3.63, 3.8) is 0 Å². The lowest BCUT2D eigenvalue weighted by atomic mass is 10.1. The highest BCUT2D eigenvalue weighted by Gasteiger charge is 2.28. The third-order valence-electron chi connectivity index (χ3n) is 4.85. The van der Waals surface area contributed by atoms with E-state index in [4.69, 9.17) is 23.2 Å². The SMILES string of the molecule is C[C@@H](c1cc(Cl)ccc1Sc1ccccc1Cl)[NH+]1CC[NH+](C)CC1. The molecule has 0 saturated carbocycles. The van der Waals surface area contributed by atoms with Crippen LogP contribution in [0, 0.1) is 0 Å². The average molecular weight is 383 g/mol. The molecule has 0 radical (unpaired) electrons. The zero-order valence-electron chi connectivity index (χ0n) is 14.1. The maximum atomic E-state index is 6.35. The molecule has 2 aromatic carbocycles. The highest BCUT2D eigenvalue weighted by Crippen LogP contribution is 2.37. The molecule has 0 unspecified atom stereocenters. The number of halogens is 2. The zero-order valence-corrected chi connectivity index (χ0v) is 16.4. The van der Waals surface area contributed by atoms with Gasteiger partial charge in [-0.2, -0.15) is 0 Å². The van der Waals surface area contributed by atoms with Crippen LogP contribution >= 0.6 is 35.0 Å². The summed E-state index contributed by atoms with van der Waals surface area (Å²) in [6.07, 6.45) is 0. The fraction of sp³-hybridized carbons (Fsp3) is 0.368. The van der Waals surface area contributed by atoms with Gasteiger partial charge in [0.2, 0.25) is 0 Å². The number of piperazine rings is 1. The lowest BCUT2D eigenvalue weighted by Crippen LogP contribution is -3.26. The van der Waals surface area contributed by atoms with Gasteiger partial charge in [0.15, 0.2) is 0 Å². The van der Waals surface area contributed by atoms with E-state index in [1.807, 2.05) is 24.3 Å². The van der Waals surface area contributed by atoms with E-state index in [1.165, 1.54) is 36.6 Å². The summed E-state index contributed by atoms with van der Waals surface area (Å²) in [4.78, 5) is 5.61. The van der Waals surface area contributed by atoms with Gasteiger partial charge in [-0.05, 0) is 37.3 Å². The fourth-order valence-electron chi connectivity index (χ4n) is 3.25. The van der Waals surface area contributed by atoms with Crippen LogP contribution in [0.15, 0.2) is 52.3 Å². The standard InChI is InChI=1S/C19H22Cl2N2S/c1-14(23-11-9-22(2)10-12-23)16-13-15(20)7-8-18(16)24-19-6-4-3-5-17(19)21/h3-8,13-14H,9-12H2,1-2H3/p+2/t14-/m0/s1. The van der Waals surface area contributed by atoms with Gasteiger partial charge in [0.1, 0.15) is 32.2 Å². The van der Waals surface area contributed by atoms with Gasteiger partial charge in [0.05, 0.1) is 12.1 Å². The topological polar surface area (TPSA) is 8.88 Å². The number of hydrogen-bond acceptors (Lipinski definition) is 1. The molecule has 0 aliphatic carbocycles. The molecule has 1 saturated heterocycles. The summed E-state index contributed by atoms with van der Waals surface area (Å²) in [5.41, 5.74) is 1.32. The summed E-state index contributed by atoms with van der Waals surface area (Å²) in [5.74, 6) is 0. The van der Waals surface area contributed by atoms with Crippen molar-refractivity contribution in [3.05, 3.63) is 58.1 Å². The Morgan fingerprint density at radius 3 is 2.38 bits per heavy atom. The Labute approximate surface area is 158 Å². The average Bonchev–Trinajstić information content (AvgIpc) is 2.58. The predicted molar refractivity (Wildman–Crippen MR) is 103 cm³/mol. The van der Waals surface area contributed by atoms with Crippen LogP contribution < -0.4 is 9.80 Å². The molecule has 3 rings (SSSR count). The van der Waals surface area contributed by atoms with Crippen molar-refractivity contribution in [2.75, 3.05) is 33.2 Å². The highest BCUT2D eigenvalue weighted by atomic mass is 35.5. The molecule has 1 aliphatic rings. The first-order valence-corrected chi connectivity index (χ1v) is 9.99. The van der Waals surface area contributed by atoms with E-state index in [1.54, 1.807) is 21.6 Å². The molecule has 2 nitrogen and oxygen atoms in total. The Balaban J connectivity index is 1.87. The van der Waals surface area contributed by atoms with E-state index in [-0.39, 0.29) is 0 Å². The van der Waals surface area contributed by atoms with E-state index in [2.05, 4.69) is 32.2 Å². The van der Waals surface area contributed by atoms with Crippen LogP contribution in [0.1, 0.15) is 18.5 Å². The van der Waals surface area contributed by atoms with Crippen molar-refractivity contribution < 1.29 is 9.80 Å². The largest absolute Gasteiger partial charge is 0.328 e. The second-order valence-corrected chi connectivity index (χ2v) is 8.48. The third kappa shape index (κ3) is 4.27. The van der Waals surface area contributed by atoms with Crippen molar-refractivity contribution in [2.24, 2.45) is 0 Å². The Morgan fingerprint density at radius 2 is 1.67 bits per heavy atom. The van der Waals surface area contributed by atoms with Crippen LogP contribution in [-0.2, 0) is 0 Å². The van der Waals surface area contributed by atoms with Crippen LogP contribution in [-0.4, -0.2) is 33.2 Å². The molecule has 1 heterocycles. The molecule has 2 N–H and O–H groups in total. The van der Waals surface area contributed by atoms with Gasteiger partial charge in [0.25, 0.3) is 0 Å². The Morgan fingerprint density at radius 1 is 0.958 bits per heavy atom. The van der Waals surface area contributed by atoms with Gasteiger partial charge in [-0.15, -0.1) is 0 Å². The zero-order chi connectivity index (χ0) is 17.1. The van der Waals surface area contributed by atoms with Gasteiger partial charge in [-0.25, -0.2) is 0 Å². The quantitative estimate of drug-likeness (QED) is 0.825. The second kappa shape index (κ2) is 8.11. The summed E-state index contributed by atoms with van der Waals surface area (Å²) < 4.78 is 0. The molecular weight excluding hydrogens is 359 g/mol. The number of rotatable bonds is 4. The maximum absolute atomic E-state index is 6.35. The van der Waals surface area contributed by atoms with Gasteiger partial charge >= 0.3 is 0 Å².